The van der Waals surface area contributed by atoms with Crippen LogP contribution in [0.1, 0.15) is 13.3 Å². The van der Waals surface area contributed by atoms with E-state index in [-0.39, 0.29) is 5.97 Å². The van der Waals surface area contributed by atoms with E-state index in [0.717, 1.165) is 12.5 Å². The number of hydrogen-bond acceptors (Lipinski definition) is 4. The van der Waals surface area contributed by atoms with Gasteiger partial charge in [-0.15, -0.1) is 0 Å². The summed E-state index contributed by atoms with van der Waals surface area (Å²) in [5.74, 6) is -0.288. The number of hydrogen-bond donors (Lipinski definition) is 0. The summed E-state index contributed by atoms with van der Waals surface area (Å²) in [6.07, 6.45) is 0.902. The Balaban J connectivity index is 3.80. The van der Waals surface area contributed by atoms with E-state index in [4.69, 9.17) is 13.0 Å². The molecular formula is C15H36O4Si4. The molecule has 0 rings (SSSR count). The van der Waals surface area contributed by atoms with E-state index in [2.05, 4.69) is 45.9 Å². The molecular weight excluding hydrogens is 357 g/mol. The van der Waals surface area contributed by atoms with Crippen LogP contribution in [0.2, 0.25) is 57.4 Å². The lowest BCUT2D eigenvalue weighted by Gasteiger charge is -2.27. The summed E-state index contributed by atoms with van der Waals surface area (Å²) < 4.78 is 17.6. The smallest absolute Gasteiger partial charge is 0.333 e. The highest BCUT2D eigenvalue weighted by Gasteiger charge is 2.25. The van der Waals surface area contributed by atoms with Gasteiger partial charge in [-0.25, -0.2) is 4.79 Å². The molecule has 0 aliphatic heterocycles. The molecule has 1 atom stereocenters. The molecule has 23 heavy (non-hydrogen) atoms. The summed E-state index contributed by atoms with van der Waals surface area (Å²) in [7, 11) is -4.45. The van der Waals surface area contributed by atoms with Crippen molar-refractivity contribution in [3.8, 4) is 0 Å². The fourth-order valence-corrected chi connectivity index (χ4v) is 15.6. The molecule has 0 spiro atoms. The molecule has 0 amide bonds. The van der Waals surface area contributed by atoms with Gasteiger partial charge in [0, 0.05) is 5.57 Å². The summed E-state index contributed by atoms with van der Waals surface area (Å²) in [5, 5.41) is 0. The van der Waals surface area contributed by atoms with Gasteiger partial charge in [0.1, 0.15) is 9.76 Å². The average molecular weight is 393 g/mol. The Morgan fingerprint density at radius 1 is 1.22 bits per heavy atom. The summed E-state index contributed by atoms with van der Waals surface area (Å²) in [4.78, 5) is 11.2. The Hall–Kier alpha value is -0.00247. The van der Waals surface area contributed by atoms with E-state index < -0.39 is 35.4 Å². The van der Waals surface area contributed by atoms with Crippen LogP contribution in [0, 0.1) is 0 Å². The van der Waals surface area contributed by atoms with Gasteiger partial charge < -0.3 is 13.0 Å². The molecule has 0 aliphatic carbocycles. The zero-order valence-corrected chi connectivity index (χ0v) is 20.7. The van der Waals surface area contributed by atoms with Gasteiger partial charge in [-0.3, -0.25) is 0 Å². The second-order valence-corrected chi connectivity index (χ2v) is 21.5. The van der Waals surface area contributed by atoms with E-state index in [9.17, 15) is 4.79 Å². The topological polar surface area (TPSA) is 44.8 Å². The maximum Gasteiger partial charge on any atom is 0.333 e. The third-order valence-electron chi connectivity index (χ3n) is 3.32. The lowest BCUT2D eigenvalue weighted by atomic mass is 10.4. The fraction of sp³-hybridized carbons (Fsp3) is 0.800. The highest BCUT2D eigenvalue weighted by Crippen LogP contribution is 2.18. The second kappa shape index (κ2) is 10.8. The number of esters is 1. The third kappa shape index (κ3) is 14.1. The summed E-state index contributed by atoms with van der Waals surface area (Å²) in [5.41, 5.74) is 0.464. The Morgan fingerprint density at radius 2 is 1.83 bits per heavy atom. The monoisotopic (exact) mass is 392 g/mol. The van der Waals surface area contributed by atoms with Gasteiger partial charge in [0.15, 0.2) is 25.7 Å². The minimum atomic E-state index is -1.53. The van der Waals surface area contributed by atoms with Gasteiger partial charge >= 0.3 is 5.97 Å². The van der Waals surface area contributed by atoms with Gasteiger partial charge in [-0.1, -0.05) is 6.58 Å². The molecule has 0 fully saturated rings. The highest BCUT2D eigenvalue weighted by atomic mass is 28.4. The lowest BCUT2D eigenvalue weighted by Crippen LogP contribution is -2.37. The van der Waals surface area contributed by atoms with Crippen molar-refractivity contribution >= 4 is 41.4 Å². The molecule has 0 N–H and O–H groups in total. The summed E-state index contributed by atoms with van der Waals surface area (Å²) in [6.45, 7) is 19.5. The molecule has 0 aliphatic rings. The van der Waals surface area contributed by atoms with Crippen LogP contribution in [-0.4, -0.2) is 48.0 Å². The minimum Gasteiger partial charge on any atom is -0.462 e. The molecule has 0 aromatic carbocycles. The van der Waals surface area contributed by atoms with E-state index in [1.54, 1.807) is 6.92 Å². The Bertz CT molecular complexity index is 380. The summed E-state index contributed by atoms with van der Waals surface area (Å²) >= 11 is 0. The van der Waals surface area contributed by atoms with Crippen LogP contribution in [0.4, 0.5) is 0 Å². The van der Waals surface area contributed by atoms with Crippen molar-refractivity contribution in [3.63, 3.8) is 0 Å². The van der Waals surface area contributed by atoms with E-state index in [0.29, 0.717) is 12.2 Å². The normalized spacial score (nSPS) is 14.2. The van der Waals surface area contributed by atoms with Crippen LogP contribution in [0.3, 0.4) is 0 Å². The zero-order valence-electron chi connectivity index (χ0n) is 16.2. The number of carbonyl (C=O) groups is 1. The molecule has 136 valence electrons. The standard InChI is InChI=1S/C15H36O4Si4/c1-14(2)15(16)17-10-9-11-20-18-23(7,8)13-12-21(3)19-22(4,5)6/h21H,1,9-13,20H2,2-8H3. The molecule has 0 aromatic rings. The van der Waals surface area contributed by atoms with Crippen LogP contribution < -0.4 is 0 Å². The van der Waals surface area contributed by atoms with E-state index in [1.807, 2.05) is 0 Å². The van der Waals surface area contributed by atoms with Gasteiger partial charge in [0.25, 0.3) is 0 Å². The lowest BCUT2D eigenvalue weighted by molar-refractivity contribution is -0.138. The highest BCUT2D eigenvalue weighted by molar-refractivity contribution is 6.79. The Morgan fingerprint density at radius 3 is 2.35 bits per heavy atom. The van der Waals surface area contributed by atoms with Gasteiger partial charge in [0.2, 0.25) is 0 Å². The average Bonchev–Trinajstić information content (AvgIpc) is 2.38. The molecule has 8 heteroatoms. The van der Waals surface area contributed by atoms with Crippen molar-refractivity contribution in [1.82, 2.24) is 0 Å². The molecule has 0 aromatic heterocycles. The van der Waals surface area contributed by atoms with Gasteiger partial charge in [0.05, 0.1) is 6.61 Å². The van der Waals surface area contributed by atoms with Crippen molar-refractivity contribution < 1.29 is 17.8 Å². The maximum atomic E-state index is 11.2. The second-order valence-electron chi connectivity index (χ2n) is 7.81. The molecule has 1 unspecified atom stereocenters. The van der Waals surface area contributed by atoms with Gasteiger partial charge in [-0.05, 0) is 70.8 Å². The van der Waals surface area contributed by atoms with Crippen molar-refractivity contribution in [3.05, 3.63) is 12.2 Å². The first kappa shape index (κ1) is 23.0. The predicted molar refractivity (Wildman–Crippen MR) is 109 cm³/mol. The fourth-order valence-electron chi connectivity index (χ4n) is 2.13. The molecule has 0 saturated carbocycles. The molecule has 0 radical (unpaired) electrons. The predicted octanol–water partition coefficient (Wildman–Crippen LogP) is 3.42. The number of ether oxygens (including phenoxy) is 1. The van der Waals surface area contributed by atoms with Crippen LogP contribution in [0.5, 0.6) is 0 Å². The summed E-state index contributed by atoms with van der Waals surface area (Å²) in [6, 6.07) is 3.51. The third-order valence-corrected chi connectivity index (χ3v) is 15.7. The molecule has 4 nitrogen and oxygen atoms in total. The number of carbonyl (C=O) groups excluding carboxylic acids is 1. The zero-order chi connectivity index (χ0) is 18.1. The van der Waals surface area contributed by atoms with Gasteiger partial charge in [-0.2, -0.15) is 0 Å². The van der Waals surface area contributed by atoms with Crippen molar-refractivity contribution in [2.45, 2.75) is 70.8 Å². The van der Waals surface area contributed by atoms with E-state index >= 15 is 0 Å². The molecule has 0 heterocycles. The minimum absolute atomic E-state index is 0.288. The Labute approximate surface area is 148 Å². The number of rotatable bonds is 12. The maximum absolute atomic E-state index is 11.2. The van der Waals surface area contributed by atoms with E-state index in [1.165, 1.54) is 12.1 Å². The van der Waals surface area contributed by atoms with Crippen LogP contribution >= 0.6 is 0 Å². The Kier molecular flexibility index (Phi) is 10.8. The quantitative estimate of drug-likeness (QED) is 0.221. The molecule has 0 bridgehead atoms. The van der Waals surface area contributed by atoms with Crippen LogP contribution in [0.15, 0.2) is 12.2 Å². The van der Waals surface area contributed by atoms with Crippen LogP contribution in [0.25, 0.3) is 0 Å². The van der Waals surface area contributed by atoms with Crippen molar-refractivity contribution in [2.75, 3.05) is 6.61 Å². The SMILES string of the molecule is C=C(C)C(=O)OCCC[SiH2]O[Si](C)(C)CC[SiH](C)O[Si](C)(C)C. The first-order valence-corrected chi connectivity index (χ1v) is 19.1. The van der Waals surface area contributed by atoms with Crippen LogP contribution in [-0.2, 0) is 17.8 Å². The first-order valence-electron chi connectivity index (χ1n) is 8.57. The first-order chi connectivity index (χ1) is 10.4. The van der Waals surface area contributed by atoms with Crippen molar-refractivity contribution in [2.24, 2.45) is 0 Å². The largest absolute Gasteiger partial charge is 0.462 e. The van der Waals surface area contributed by atoms with Crippen molar-refractivity contribution in [1.29, 1.82) is 0 Å². The molecule has 0 saturated heterocycles.